The fraction of sp³-hybridized carbons (Fsp3) is 0.632. The Kier molecular flexibility index (Phi) is 9.05. The van der Waals surface area contributed by atoms with Crippen molar-refractivity contribution in [1.29, 1.82) is 0 Å². The highest BCUT2D eigenvalue weighted by atomic mass is 127. The zero-order chi connectivity index (χ0) is 16.7. The molecule has 1 fully saturated rings. The standard InChI is InChI=1S/C19H32N4.HI/c1-19(2,17-8-6-5-7-9-17)15-22-18(20-3)21-14-16-10-12-23(4)13-11-16;/h5-9,16H,10-15H2,1-4H3,(H2,20,21,22);1H. The Bertz CT molecular complexity index is 493. The second kappa shape index (κ2) is 10.2. The largest absolute Gasteiger partial charge is 0.356 e. The quantitative estimate of drug-likeness (QED) is 0.417. The predicted octanol–water partition coefficient (Wildman–Crippen LogP) is 3.09. The minimum absolute atomic E-state index is 0. The summed E-state index contributed by atoms with van der Waals surface area (Å²) in [6.07, 6.45) is 2.55. The highest BCUT2D eigenvalue weighted by molar-refractivity contribution is 14.0. The smallest absolute Gasteiger partial charge is 0.191 e. The minimum atomic E-state index is 0. The van der Waals surface area contributed by atoms with E-state index in [1.165, 1.54) is 31.5 Å². The average molecular weight is 444 g/mol. The Balaban J connectivity index is 0.00000288. The molecule has 1 aromatic rings. The SMILES string of the molecule is CN=C(NCC1CCN(C)CC1)NCC(C)(C)c1ccccc1.I. The molecule has 0 radical (unpaired) electrons. The van der Waals surface area contributed by atoms with Crippen LogP contribution in [0.1, 0.15) is 32.3 Å². The fourth-order valence-corrected chi connectivity index (χ4v) is 3.02. The molecule has 1 aromatic carbocycles. The third-order valence-corrected chi connectivity index (χ3v) is 4.87. The van der Waals surface area contributed by atoms with Crippen LogP contribution in [0.3, 0.4) is 0 Å². The molecular formula is C19H33IN4. The number of nitrogens with zero attached hydrogens (tertiary/aromatic N) is 2. The molecule has 136 valence electrons. The van der Waals surface area contributed by atoms with Crippen LogP contribution < -0.4 is 10.6 Å². The summed E-state index contributed by atoms with van der Waals surface area (Å²) < 4.78 is 0. The Morgan fingerprint density at radius 3 is 2.38 bits per heavy atom. The lowest BCUT2D eigenvalue weighted by Crippen LogP contribution is -2.45. The lowest BCUT2D eigenvalue weighted by Gasteiger charge is -2.30. The van der Waals surface area contributed by atoms with E-state index < -0.39 is 0 Å². The topological polar surface area (TPSA) is 39.7 Å². The molecule has 0 spiro atoms. The summed E-state index contributed by atoms with van der Waals surface area (Å²) in [5.41, 5.74) is 1.42. The number of hydrogen-bond acceptors (Lipinski definition) is 2. The maximum Gasteiger partial charge on any atom is 0.191 e. The van der Waals surface area contributed by atoms with Crippen molar-refractivity contribution in [3.05, 3.63) is 35.9 Å². The molecular weight excluding hydrogens is 411 g/mol. The molecule has 5 heteroatoms. The zero-order valence-electron chi connectivity index (χ0n) is 15.5. The number of aliphatic imine (C=N–C) groups is 1. The number of halogens is 1. The van der Waals surface area contributed by atoms with Crippen LogP contribution in [0.25, 0.3) is 0 Å². The van der Waals surface area contributed by atoms with E-state index in [2.05, 4.69) is 71.8 Å². The second-order valence-corrected chi connectivity index (χ2v) is 7.30. The molecule has 0 amide bonds. The molecule has 1 aliphatic rings. The summed E-state index contributed by atoms with van der Waals surface area (Å²) >= 11 is 0. The van der Waals surface area contributed by atoms with Gasteiger partial charge in [-0.05, 0) is 44.5 Å². The predicted molar refractivity (Wildman–Crippen MR) is 114 cm³/mol. The van der Waals surface area contributed by atoms with Crippen LogP contribution in [0.4, 0.5) is 0 Å². The first-order valence-corrected chi connectivity index (χ1v) is 8.70. The summed E-state index contributed by atoms with van der Waals surface area (Å²) in [6, 6.07) is 10.6. The molecule has 0 bridgehead atoms. The van der Waals surface area contributed by atoms with E-state index in [-0.39, 0.29) is 29.4 Å². The molecule has 1 aliphatic heterocycles. The van der Waals surface area contributed by atoms with E-state index in [0.29, 0.717) is 0 Å². The van der Waals surface area contributed by atoms with Crippen molar-refractivity contribution in [3.8, 4) is 0 Å². The maximum atomic E-state index is 4.37. The maximum absolute atomic E-state index is 4.37. The lowest BCUT2D eigenvalue weighted by molar-refractivity contribution is 0.220. The van der Waals surface area contributed by atoms with E-state index in [1.807, 2.05) is 7.05 Å². The molecule has 0 atom stereocenters. The van der Waals surface area contributed by atoms with Gasteiger partial charge in [0.2, 0.25) is 0 Å². The van der Waals surface area contributed by atoms with Gasteiger partial charge < -0.3 is 15.5 Å². The van der Waals surface area contributed by atoms with Gasteiger partial charge in [-0.15, -0.1) is 24.0 Å². The first-order chi connectivity index (χ1) is 11.0. The second-order valence-electron chi connectivity index (χ2n) is 7.30. The van der Waals surface area contributed by atoms with Crippen molar-refractivity contribution < 1.29 is 0 Å². The number of likely N-dealkylation sites (tertiary alicyclic amines) is 1. The van der Waals surface area contributed by atoms with Gasteiger partial charge in [-0.2, -0.15) is 0 Å². The number of piperidine rings is 1. The number of guanidine groups is 1. The van der Waals surface area contributed by atoms with E-state index in [4.69, 9.17) is 0 Å². The zero-order valence-corrected chi connectivity index (χ0v) is 17.8. The van der Waals surface area contributed by atoms with Crippen LogP contribution >= 0.6 is 24.0 Å². The van der Waals surface area contributed by atoms with E-state index in [9.17, 15) is 0 Å². The highest BCUT2D eigenvalue weighted by Gasteiger charge is 2.21. The molecule has 4 nitrogen and oxygen atoms in total. The highest BCUT2D eigenvalue weighted by Crippen LogP contribution is 2.21. The van der Waals surface area contributed by atoms with Crippen molar-refractivity contribution in [2.45, 2.75) is 32.1 Å². The van der Waals surface area contributed by atoms with Gasteiger partial charge >= 0.3 is 0 Å². The van der Waals surface area contributed by atoms with Crippen molar-refractivity contribution in [1.82, 2.24) is 15.5 Å². The molecule has 0 aromatic heterocycles. The van der Waals surface area contributed by atoms with Gasteiger partial charge in [-0.3, -0.25) is 4.99 Å². The van der Waals surface area contributed by atoms with Gasteiger partial charge in [0.05, 0.1) is 0 Å². The van der Waals surface area contributed by atoms with Crippen molar-refractivity contribution in [3.63, 3.8) is 0 Å². The van der Waals surface area contributed by atoms with Crippen molar-refractivity contribution in [2.24, 2.45) is 10.9 Å². The Hall–Kier alpha value is -0.820. The van der Waals surface area contributed by atoms with Gasteiger partial charge in [0.25, 0.3) is 0 Å². The average Bonchev–Trinajstić information content (AvgIpc) is 2.57. The number of benzene rings is 1. The Morgan fingerprint density at radius 1 is 1.17 bits per heavy atom. The molecule has 1 saturated heterocycles. The summed E-state index contributed by atoms with van der Waals surface area (Å²) in [5, 5.41) is 6.98. The normalized spacial score (nSPS) is 17.2. The van der Waals surface area contributed by atoms with Crippen LogP contribution in [0, 0.1) is 5.92 Å². The molecule has 2 N–H and O–H groups in total. The molecule has 24 heavy (non-hydrogen) atoms. The summed E-state index contributed by atoms with van der Waals surface area (Å²) in [5.74, 6) is 1.67. The van der Waals surface area contributed by atoms with Crippen LogP contribution in [-0.2, 0) is 5.41 Å². The molecule has 1 heterocycles. The monoisotopic (exact) mass is 444 g/mol. The van der Waals surface area contributed by atoms with E-state index >= 15 is 0 Å². The van der Waals surface area contributed by atoms with E-state index in [0.717, 1.165) is 25.0 Å². The summed E-state index contributed by atoms with van der Waals surface area (Å²) in [7, 11) is 4.05. The molecule has 0 saturated carbocycles. The number of rotatable bonds is 5. The van der Waals surface area contributed by atoms with Gasteiger partial charge in [-0.25, -0.2) is 0 Å². The first kappa shape index (κ1) is 21.2. The lowest BCUT2D eigenvalue weighted by atomic mass is 9.85. The number of nitrogens with one attached hydrogen (secondary N) is 2. The van der Waals surface area contributed by atoms with Gasteiger partial charge in [0.15, 0.2) is 5.96 Å². The van der Waals surface area contributed by atoms with Crippen molar-refractivity contribution in [2.75, 3.05) is 40.3 Å². The van der Waals surface area contributed by atoms with Gasteiger partial charge in [-0.1, -0.05) is 44.2 Å². The first-order valence-electron chi connectivity index (χ1n) is 8.70. The van der Waals surface area contributed by atoms with Crippen LogP contribution in [-0.4, -0.2) is 51.1 Å². The molecule has 2 rings (SSSR count). The molecule has 0 unspecified atom stereocenters. The third kappa shape index (κ3) is 6.59. The Morgan fingerprint density at radius 2 is 1.79 bits per heavy atom. The summed E-state index contributed by atoms with van der Waals surface area (Å²) in [4.78, 5) is 6.78. The van der Waals surface area contributed by atoms with Gasteiger partial charge in [0.1, 0.15) is 0 Å². The van der Waals surface area contributed by atoms with Gasteiger partial charge in [0, 0.05) is 25.6 Å². The molecule has 0 aliphatic carbocycles. The van der Waals surface area contributed by atoms with Crippen LogP contribution in [0.5, 0.6) is 0 Å². The fourth-order valence-electron chi connectivity index (χ4n) is 3.02. The van der Waals surface area contributed by atoms with Crippen LogP contribution in [0.2, 0.25) is 0 Å². The summed E-state index contributed by atoms with van der Waals surface area (Å²) in [6.45, 7) is 8.82. The Labute approximate surface area is 164 Å². The van der Waals surface area contributed by atoms with Crippen LogP contribution in [0.15, 0.2) is 35.3 Å². The van der Waals surface area contributed by atoms with E-state index in [1.54, 1.807) is 0 Å². The number of hydrogen-bond donors (Lipinski definition) is 2. The third-order valence-electron chi connectivity index (χ3n) is 4.87. The van der Waals surface area contributed by atoms with Crippen molar-refractivity contribution >= 4 is 29.9 Å². The minimum Gasteiger partial charge on any atom is -0.356 e.